The second-order valence-corrected chi connectivity index (χ2v) is 4.28. The third-order valence-electron chi connectivity index (χ3n) is 2.74. The van der Waals surface area contributed by atoms with Crippen LogP contribution in [0, 0.1) is 0 Å². The maximum absolute atomic E-state index is 11.6. The van der Waals surface area contributed by atoms with E-state index in [1.165, 1.54) is 25.7 Å². The molecular weight excluding hydrogens is 200 g/mol. The maximum Gasteiger partial charge on any atom is 0.234 e. The van der Waals surface area contributed by atoms with E-state index >= 15 is 0 Å². The number of nitrogens with zero attached hydrogens (tertiary/aromatic N) is 1. The number of unbranched alkanes of at least 4 members (excludes halogenated alkanes) is 3. The van der Waals surface area contributed by atoms with Crippen molar-refractivity contribution in [1.29, 1.82) is 0 Å². The first-order valence-corrected chi connectivity index (χ1v) is 6.73. The van der Waals surface area contributed by atoms with Gasteiger partial charge in [0, 0.05) is 6.54 Å². The van der Waals surface area contributed by atoms with E-state index in [2.05, 4.69) is 31.0 Å². The highest BCUT2D eigenvalue weighted by molar-refractivity contribution is 5.77. The first-order chi connectivity index (χ1) is 7.74. The lowest BCUT2D eigenvalue weighted by molar-refractivity contribution is -0.122. The summed E-state index contributed by atoms with van der Waals surface area (Å²) in [4.78, 5) is 13.8. The molecule has 0 fully saturated rings. The molecule has 16 heavy (non-hydrogen) atoms. The molecule has 0 rings (SSSR count). The zero-order valence-corrected chi connectivity index (χ0v) is 11.2. The number of carbonyl (C=O) groups is 1. The molecule has 0 spiro atoms. The van der Waals surface area contributed by atoms with Gasteiger partial charge in [-0.2, -0.15) is 0 Å². The normalized spacial score (nSPS) is 10.8. The van der Waals surface area contributed by atoms with Crippen LogP contribution in [0.4, 0.5) is 0 Å². The molecular formula is C13H28N2O. The van der Waals surface area contributed by atoms with E-state index in [-0.39, 0.29) is 5.91 Å². The summed E-state index contributed by atoms with van der Waals surface area (Å²) in [6.07, 6.45) is 5.87. The Morgan fingerprint density at radius 2 is 1.75 bits per heavy atom. The molecule has 3 nitrogen and oxygen atoms in total. The van der Waals surface area contributed by atoms with Crippen LogP contribution in [-0.4, -0.2) is 37.0 Å². The van der Waals surface area contributed by atoms with Crippen LogP contribution in [0.15, 0.2) is 0 Å². The number of hydrogen-bond acceptors (Lipinski definition) is 2. The molecule has 0 aromatic rings. The summed E-state index contributed by atoms with van der Waals surface area (Å²) in [6.45, 7) is 9.85. The smallest absolute Gasteiger partial charge is 0.234 e. The highest BCUT2D eigenvalue weighted by Crippen LogP contribution is 1.95. The fourth-order valence-corrected chi connectivity index (χ4v) is 1.59. The van der Waals surface area contributed by atoms with Crippen molar-refractivity contribution >= 4 is 5.91 Å². The Labute approximate surface area is 101 Å². The zero-order chi connectivity index (χ0) is 12.2. The molecule has 0 bridgehead atoms. The van der Waals surface area contributed by atoms with E-state index in [4.69, 9.17) is 0 Å². The van der Waals surface area contributed by atoms with E-state index in [1.807, 2.05) is 0 Å². The van der Waals surface area contributed by atoms with Crippen LogP contribution in [0.3, 0.4) is 0 Å². The molecule has 3 heteroatoms. The Bertz CT molecular complexity index is 171. The Morgan fingerprint density at radius 3 is 2.31 bits per heavy atom. The van der Waals surface area contributed by atoms with Gasteiger partial charge in [-0.05, 0) is 25.9 Å². The number of likely N-dealkylation sites (N-methyl/N-ethyl adjacent to an activating group) is 1. The van der Waals surface area contributed by atoms with Gasteiger partial charge in [0.25, 0.3) is 0 Å². The molecule has 0 unspecified atom stereocenters. The summed E-state index contributed by atoms with van der Waals surface area (Å²) >= 11 is 0. The van der Waals surface area contributed by atoms with Gasteiger partial charge in [-0.1, -0.05) is 40.0 Å². The van der Waals surface area contributed by atoms with Gasteiger partial charge in [0.2, 0.25) is 5.91 Å². The summed E-state index contributed by atoms with van der Waals surface area (Å²) in [5.41, 5.74) is 0. The highest BCUT2D eigenvalue weighted by atomic mass is 16.2. The van der Waals surface area contributed by atoms with Gasteiger partial charge >= 0.3 is 0 Å². The van der Waals surface area contributed by atoms with Crippen LogP contribution in [0.2, 0.25) is 0 Å². The molecule has 0 aromatic heterocycles. The van der Waals surface area contributed by atoms with Crippen molar-refractivity contribution in [2.75, 3.05) is 26.2 Å². The van der Waals surface area contributed by atoms with Crippen LogP contribution >= 0.6 is 0 Å². The SMILES string of the molecule is CCCCCNC(=O)CN(CC)CCCC. The molecule has 0 aromatic carbocycles. The minimum Gasteiger partial charge on any atom is -0.355 e. The number of hydrogen-bond donors (Lipinski definition) is 1. The second-order valence-electron chi connectivity index (χ2n) is 4.28. The highest BCUT2D eigenvalue weighted by Gasteiger charge is 2.07. The molecule has 0 atom stereocenters. The quantitative estimate of drug-likeness (QED) is 0.582. The van der Waals surface area contributed by atoms with E-state index in [0.717, 1.165) is 26.1 Å². The van der Waals surface area contributed by atoms with Gasteiger partial charge in [0.1, 0.15) is 0 Å². The lowest BCUT2D eigenvalue weighted by atomic mass is 10.2. The van der Waals surface area contributed by atoms with Crippen LogP contribution in [0.1, 0.15) is 52.9 Å². The van der Waals surface area contributed by atoms with Crippen LogP contribution < -0.4 is 5.32 Å². The molecule has 0 saturated heterocycles. The monoisotopic (exact) mass is 228 g/mol. The third-order valence-corrected chi connectivity index (χ3v) is 2.74. The molecule has 0 radical (unpaired) electrons. The van der Waals surface area contributed by atoms with Crippen molar-refractivity contribution in [2.24, 2.45) is 0 Å². The zero-order valence-electron chi connectivity index (χ0n) is 11.2. The molecule has 0 saturated carbocycles. The van der Waals surface area contributed by atoms with Gasteiger partial charge in [0.15, 0.2) is 0 Å². The summed E-state index contributed by atoms with van der Waals surface area (Å²) < 4.78 is 0. The summed E-state index contributed by atoms with van der Waals surface area (Å²) in [5.74, 6) is 0.175. The number of carbonyl (C=O) groups excluding carboxylic acids is 1. The topological polar surface area (TPSA) is 32.3 Å². The van der Waals surface area contributed by atoms with E-state index in [9.17, 15) is 4.79 Å². The van der Waals surface area contributed by atoms with E-state index in [0.29, 0.717) is 6.54 Å². The van der Waals surface area contributed by atoms with Gasteiger partial charge in [-0.3, -0.25) is 9.69 Å². The van der Waals surface area contributed by atoms with E-state index in [1.54, 1.807) is 0 Å². The Balaban J connectivity index is 3.57. The standard InChI is InChI=1S/C13H28N2O/c1-4-7-9-10-14-13(16)12-15(6-3)11-8-5-2/h4-12H2,1-3H3,(H,14,16). The Morgan fingerprint density at radius 1 is 1.06 bits per heavy atom. The summed E-state index contributed by atoms with van der Waals surface area (Å²) in [5, 5.41) is 2.98. The van der Waals surface area contributed by atoms with Crippen LogP contribution in [0.25, 0.3) is 0 Å². The van der Waals surface area contributed by atoms with Crippen molar-refractivity contribution in [3.05, 3.63) is 0 Å². The first kappa shape index (κ1) is 15.4. The van der Waals surface area contributed by atoms with Gasteiger partial charge < -0.3 is 5.32 Å². The average Bonchev–Trinajstić information content (AvgIpc) is 2.30. The van der Waals surface area contributed by atoms with Crippen molar-refractivity contribution in [2.45, 2.75) is 52.9 Å². The number of rotatable bonds is 10. The Hall–Kier alpha value is -0.570. The van der Waals surface area contributed by atoms with Gasteiger partial charge in [0.05, 0.1) is 6.54 Å². The predicted octanol–water partition coefficient (Wildman–Crippen LogP) is 2.41. The van der Waals surface area contributed by atoms with Crippen molar-refractivity contribution in [3.8, 4) is 0 Å². The average molecular weight is 228 g/mol. The molecule has 1 N–H and O–H groups in total. The molecule has 96 valence electrons. The first-order valence-electron chi connectivity index (χ1n) is 6.73. The fourth-order valence-electron chi connectivity index (χ4n) is 1.59. The lowest BCUT2D eigenvalue weighted by Crippen LogP contribution is -2.38. The maximum atomic E-state index is 11.6. The number of amides is 1. The predicted molar refractivity (Wildman–Crippen MR) is 69.6 cm³/mol. The van der Waals surface area contributed by atoms with Crippen LogP contribution in [-0.2, 0) is 4.79 Å². The summed E-state index contributed by atoms with van der Waals surface area (Å²) in [6, 6.07) is 0. The van der Waals surface area contributed by atoms with E-state index < -0.39 is 0 Å². The van der Waals surface area contributed by atoms with Crippen molar-refractivity contribution in [1.82, 2.24) is 10.2 Å². The summed E-state index contributed by atoms with van der Waals surface area (Å²) in [7, 11) is 0. The van der Waals surface area contributed by atoms with Crippen molar-refractivity contribution in [3.63, 3.8) is 0 Å². The molecule has 1 amide bonds. The molecule has 0 aliphatic rings. The lowest BCUT2D eigenvalue weighted by Gasteiger charge is -2.19. The third kappa shape index (κ3) is 8.72. The van der Waals surface area contributed by atoms with Crippen LogP contribution in [0.5, 0.6) is 0 Å². The minimum absolute atomic E-state index is 0.175. The minimum atomic E-state index is 0.175. The molecule has 0 aliphatic carbocycles. The molecule has 0 heterocycles. The fraction of sp³-hybridized carbons (Fsp3) is 0.923. The second kappa shape index (κ2) is 10.9. The number of nitrogens with one attached hydrogen (secondary N) is 1. The largest absolute Gasteiger partial charge is 0.355 e. The van der Waals surface area contributed by atoms with Gasteiger partial charge in [-0.15, -0.1) is 0 Å². The Kier molecular flexibility index (Phi) is 10.5. The van der Waals surface area contributed by atoms with Gasteiger partial charge in [-0.25, -0.2) is 0 Å². The van der Waals surface area contributed by atoms with Crippen molar-refractivity contribution < 1.29 is 4.79 Å². The molecule has 0 aliphatic heterocycles.